The molecule has 2 aromatic carbocycles. The molecule has 0 saturated carbocycles. The highest BCUT2D eigenvalue weighted by Gasteiger charge is 1.99. The summed E-state index contributed by atoms with van der Waals surface area (Å²) in [4.78, 5) is 0. The Kier molecular flexibility index (Phi) is 9.99. The van der Waals surface area contributed by atoms with Crippen molar-refractivity contribution in [3.63, 3.8) is 0 Å². The third kappa shape index (κ3) is 8.11. The molecule has 0 bridgehead atoms. The van der Waals surface area contributed by atoms with E-state index < -0.39 is 0 Å². The Morgan fingerprint density at radius 3 is 2.62 bits per heavy atom. The molecule has 3 nitrogen and oxygen atoms in total. The largest absolute Gasteiger partial charge is 0.494 e. The summed E-state index contributed by atoms with van der Waals surface area (Å²) in [5, 5.41) is 7.65. The van der Waals surface area contributed by atoms with Crippen molar-refractivity contribution in [3.05, 3.63) is 59.1 Å². The van der Waals surface area contributed by atoms with Crippen molar-refractivity contribution in [2.24, 2.45) is 0 Å². The van der Waals surface area contributed by atoms with Gasteiger partial charge in [0.25, 0.3) is 0 Å². The molecule has 0 unspecified atom stereocenters. The average Bonchev–Trinajstić information content (AvgIpc) is 2.66. The molecule has 26 heavy (non-hydrogen) atoms. The van der Waals surface area contributed by atoms with Crippen LogP contribution in [0.2, 0.25) is 5.02 Å². The van der Waals surface area contributed by atoms with Gasteiger partial charge in [-0.15, -0.1) is 0 Å². The highest BCUT2D eigenvalue weighted by Crippen LogP contribution is 2.18. The third-order valence-electron chi connectivity index (χ3n) is 4.25. The van der Waals surface area contributed by atoms with Crippen molar-refractivity contribution < 1.29 is 4.74 Å². The molecule has 0 fully saturated rings. The number of benzene rings is 2. The van der Waals surface area contributed by atoms with Crippen molar-refractivity contribution in [2.45, 2.75) is 45.6 Å². The number of halogens is 1. The molecular formula is C22H31ClN2O. The predicted octanol–water partition coefficient (Wildman–Crippen LogP) is 5.89. The summed E-state index contributed by atoms with van der Waals surface area (Å²) in [6.07, 6.45) is 6.29. The minimum absolute atomic E-state index is 0.780. The Morgan fingerprint density at radius 1 is 0.923 bits per heavy atom. The van der Waals surface area contributed by atoms with Gasteiger partial charge in [0.15, 0.2) is 0 Å². The maximum Gasteiger partial charge on any atom is 0.121 e. The van der Waals surface area contributed by atoms with Crippen LogP contribution in [-0.2, 0) is 6.54 Å². The molecule has 0 aromatic heterocycles. The van der Waals surface area contributed by atoms with Gasteiger partial charge in [-0.25, -0.2) is 0 Å². The lowest BCUT2D eigenvalue weighted by Gasteiger charge is -2.11. The van der Waals surface area contributed by atoms with Gasteiger partial charge in [0.2, 0.25) is 0 Å². The second kappa shape index (κ2) is 12.6. The van der Waals surface area contributed by atoms with Crippen LogP contribution in [0.25, 0.3) is 0 Å². The Bertz CT molecular complexity index is 633. The van der Waals surface area contributed by atoms with Gasteiger partial charge < -0.3 is 15.4 Å². The van der Waals surface area contributed by atoms with Gasteiger partial charge in [-0.2, -0.15) is 0 Å². The van der Waals surface area contributed by atoms with Gasteiger partial charge in [0, 0.05) is 36.4 Å². The fraction of sp³-hybridized carbons (Fsp3) is 0.455. The molecule has 0 aliphatic rings. The fourth-order valence-electron chi connectivity index (χ4n) is 2.75. The maximum absolute atomic E-state index is 6.16. The number of nitrogens with one attached hydrogen (secondary N) is 2. The molecule has 142 valence electrons. The number of hydrogen-bond acceptors (Lipinski definition) is 3. The quantitative estimate of drug-likeness (QED) is 0.429. The first kappa shape index (κ1) is 20.6. The first-order chi connectivity index (χ1) is 12.8. The van der Waals surface area contributed by atoms with Gasteiger partial charge >= 0.3 is 0 Å². The summed E-state index contributed by atoms with van der Waals surface area (Å²) in [6.45, 7) is 5.54. The molecular weight excluding hydrogens is 344 g/mol. The van der Waals surface area contributed by atoms with E-state index in [4.69, 9.17) is 16.3 Å². The van der Waals surface area contributed by atoms with Gasteiger partial charge in [0.1, 0.15) is 5.75 Å². The van der Waals surface area contributed by atoms with Crippen LogP contribution in [0.15, 0.2) is 48.5 Å². The monoisotopic (exact) mass is 374 g/mol. The minimum atomic E-state index is 0.780. The molecule has 0 aliphatic heterocycles. The van der Waals surface area contributed by atoms with E-state index in [1.807, 2.05) is 36.4 Å². The van der Waals surface area contributed by atoms with Crippen molar-refractivity contribution in [1.29, 1.82) is 0 Å². The molecule has 0 spiro atoms. The van der Waals surface area contributed by atoms with E-state index in [9.17, 15) is 0 Å². The molecule has 0 heterocycles. The SMILES string of the molecule is CCCCCCCOc1cccc(NCCNCc2ccccc2Cl)c1. The zero-order chi connectivity index (χ0) is 18.5. The Hall–Kier alpha value is -1.71. The summed E-state index contributed by atoms with van der Waals surface area (Å²) < 4.78 is 5.86. The Morgan fingerprint density at radius 2 is 1.77 bits per heavy atom. The third-order valence-corrected chi connectivity index (χ3v) is 4.62. The molecule has 2 aromatic rings. The standard InChI is InChI=1S/C22H31ClN2O/c1-2-3-4-5-8-16-26-21-12-9-11-20(17-21)25-15-14-24-18-19-10-6-7-13-22(19)23/h6-7,9-13,17,24-25H,2-5,8,14-16,18H2,1H3. The number of anilines is 1. The normalized spacial score (nSPS) is 10.7. The molecule has 0 amide bonds. The lowest BCUT2D eigenvalue weighted by Crippen LogP contribution is -2.21. The topological polar surface area (TPSA) is 33.3 Å². The second-order valence-electron chi connectivity index (χ2n) is 6.49. The highest BCUT2D eigenvalue weighted by molar-refractivity contribution is 6.31. The van der Waals surface area contributed by atoms with Gasteiger partial charge in [-0.05, 0) is 30.2 Å². The number of ether oxygens (including phenoxy) is 1. The molecule has 2 N–H and O–H groups in total. The number of rotatable bonds is 13. The maximum atomic E-state index is 6.16. The van der Waals surface area contributed by atoms with E-state index in [0.717, 1.165) is 54.7 Å². The van der Waals surface area contributed by atoms with Crippen LogP contribution in [0.4, 0.5) is 5.69 Å². The van der Waals surface area contributed by atoms with Crippen LogP contribution in [0.3, 0.4) is 0 Å². The number of unbranched alkanes of at least 4 members (excludes halogenated alkanes) is 4. The van der Waals surface area contributed by atoms with Crippen LogP contribution in [0.5, 0.6) is 5.75 Å². The van der Waals surface area contributed by atoms with E-state index in [1.165, 1.54) is 25.7 Å². The lowest BCUT2D eigenvalue weighted by molar-refractivity contribution is 0.304. The Balaban J connectivity index is 1.61. The molecule has 2 rings (SSSR count). The minimum Gasteiger partial charge on any atom is -0.494 e. The van der Waals surface area contributed by atoms with Gasteiger partial charge in [-0.3, -0.25) is 0 Å². The van der Waals surface area contributed by atoms with Crippen LogP contribution < -0.4 is 15.4 Å². The van der Waals surface area contributed by atoms with Crippen molar-refractivity contribution >= 4 is 17.3 Å². The highest BCUT2D eigenvalue weighted by atomic mass is 35.5. The van der Waals surface area contributed by atoms with E-state index in [-0.39, 0.29) is 0 Å². The lowest BCUT2D eigenvalue weighted by atomic mass is 10.2. The zero-order valence-corrected chi connectivity index (χ0v) is 16.5. The van der Waals surface area contributed by atoms with Crippen molar-refractivity contribution in [1.82, 2.24) is 5.32 Å². The van der Waals surface area contributed by atoms with Gasteiger partial charge in [0.05, 0.1) is 6.61 Å². The summed E-state index contributed by atoms with van der Waals surface area (Å²) >= 11 is 6.16. The van der Waals surface area contributed by atoms with Crippen molar-refractivity contribution in [2.75, 3.05) is 25.0 Å². The molecule has 0 atom stereocenters. The number of hydrogen-bond donors (Lipinski definition) is 2. The summed E-state index contributed by atoms with van der Waals surface area (Å²) in [5.41, 5.74) is 2.22. The van der Waals surface area contributed by atoms with Crippen LogP contribution >= 0.6 is 11.6 Å². The molecule has 0 radical (unpaired) electrons. The summed E-state index contributed by atoms with van der Waals surface area (Å²) in [7, 11) is 0. The summed E-state index contributed by atoms with van der Waals surface area (Å²) in [5.74, 6) is 0.939. The Labute approximate surface area is 163 Å². The van der Waals surface area contributed by atoms with E-state index >= 15 is 0 Å². The predicted molar refractivity (Wildman–Crippen MR) is 112 cm³/mol. The smallest absolute Gasteiger partial charge is 0.121 e. The van der Waals surface area contributed by atoms with Crippen molar-refractivity contribution in [3.8, 4) is 5.75 Å². The first-order valence-corrected chi connectivity index (χ1v) is 10.1. The van der Waals surface area contributed by atoms with E-state index in [2.05, 4.69) is 29.7 Å². The van der Waals surface area contributed by atoms with Crippen LogP contribution in [0, 0.1) is 0 Å². The molecule has 0 saturated heterocycles. The average molecular weight is 375 g/mol. The van der Waals surface area contributed by atoms with Crippen LogP contribution in [-0.4, -0.2) is 19.7 Å². The van der Waals surface area contributed by atoms with Crippen LogP contribution in [0.1, 0.15) is 44.6 Å². The molecule has 4 heteroatoms. The van der Waals surface area contributed by atoms with E-state index in [0.29, 0.717) is 0 Å². The fourth-order valence-corrected chi connectivity index (χ4v) is 2.95. The molecule has 0 aliphatic carbocycles. The zero-order valence-electron chi connectivity index (χ0n) is 15.8. The van der Waals surface area contributed by atoms with E-state index in [1.54, 1.807) is 0 Å². The van der Waals surface area contributed by atoms with Gasteiger partial charge in [-0.1, -0.05) is 68.5 Å². The summed E-state index contributed by atoms with van der Waals surface area (Å²) in [6, 6.07) is 16.1. The second-order valence-corrected chi connectivity index (χ2v) is 6.89. The first-order valence-electron chi connectivity index (χ1n) is 9.70.